The summed E-state index contributed by atoms with van der Waals surface area (Å²) in [6.45, 7) is 1.15. The highest BCUT2D eigenvalue weighted by Crippen LogP contribution is 1.97. The molecule has 0 radical (unpaired) electrons. The summed E-state index contributed by atoms with van der Waals surface area (Å²) in [6, 6.07) is 9.04. The molecule has 0 fully saturated rings. The van der Waals surface area contributed by atoms with Crippen LogP contribution in [0.15, 0.2) is 30.3 Å². The smallest absolute Gasteiger partial charge is 0.251 e. The first kappa shape index (κ1) is 11.2. The molecule has 2 N–H and O–H groups in total. The molecule has 0 aliphatic rings. The predicted molar refractivity (Wildman–Crippen MR) is 57.5 cm³/mol. The summed E-state index contributed by atoms with van der Waals surface area (Å²) in [5.41, 5.74) is 0.654. The van der Waals surface area contributed by atoms with Gasteiger partial charge in [-0.05, 0) is 18.6 Å². The van der Waals surface area contributed by atoms with Gasteiger partial charge in [0.25, 0.3) is 5.91 Å². The number of nitrogens with one attached hydrogen (secondary N) is 2. The van der Waals surface area contributed by atoms with Gasteiger partial charge in [0.15, 0.2) is 0 Å². The van der Waals surface area contributed by atoms with Crippen molar-refractivity contribution < 1.29 is 9.59 Å². The van der Waals surface area contributed by atoms with Crippen molar-refractivity contribution in [3.8, 4) is 0 Å². The van der Waals surface area contributed by atoms with Crippen LogP contribution in [0.25, 0.3) is 0 Å². The molecule has 1 aromatic carbocycles. The standard InChI is InChI=1S/C11H14N2O2/c14-9-12-7-4-8-13-11(15)10-5-2-1-3-6-10/h1-3,5-6,9H,4,7-8H2,(H,12,14)(H,13,15). The molecule has 1 rings (SSSR count). The SMILES string of the molecule is O=CNCCCNC(=O)c1ccccc1. The highest BCUT2D eigenvalue weighted by Gasteiger charge is 2.01. The Hall–Kier alpha value is -1.84. The van der Waals surface area contributed by atoms with Crippen molar-refractivity contribution in [2.45, 2.75) is 6.42 Å². The highest BCUT2D eigenvalue weighted by atomic mass is 16.1. The van der Waals surface area contributed by atoms with Crippen molar-refractivity contribution in [1.82, 2.24) is 10.6 Å². The first-order valence-electron chi connectivity index (χ1n) is 4.85. The molecule has 80 valence electrons. The maximum absolute atomic E-state index is 11.5. The van der Waals surface area contributed by atoms with E-state index in [1.54, 1.807) is 12.1 Å². The number of hydrogen-bond acceptors (Lipinski definition) is 2. The average Bonchev–Trinajstić information content (AvgIpc) is 2.30. The van der Waals surface area contributed by atoms with Crippen molar-refractivity contribution in [2.24, 2.45) is 0 Å². The molecule has 0 heterocycles. The molecule has 0 bridgehead atoms. The third-order valence-corrected chi connectivity index (χ3v) is 1.90. The Morgan fingerprint density at radius 1 is 1.20 bits per heavy atom. The zero-order chi connectivity index (χ0) is 10.9. The van der Waals surface area contributed by atoms with E-state index in [1.807, 2.05) is 18.2 Å². The molecule has 0 aliphatic carbocycles. The summed E-state index contributed by atoms with van der Waals surface area (Å²) in [4.78, 5) is 21.4. The van der Waals surface area contributed by atoms with Gasteiger partial charge in [0.05, 0.1) is 0 Å². The predicted octanol–water partition coefficient (Wildman–Crippen LogP) is 0.552. The quantitative estimate of drug-likeness (QED) is 0.527. The monoisotopic (exact) mass is 206 g/mol. The van der Waals surface area contributed by atoms with Crippen LogP contribution in [0.3, 0.4) is 0 Å². The maximum Gasteiger partial charge on any atom is 0.251 e. The molecule has 0 aliphatic heterocycles. The van der Waals surface area contributed by atoms with E-state index in [2.05, 4.69) is 10.6 Å². The topological polar surface area (TPSA) is 58.2 Å². The zero-order valence-corrected chi connectivity index (χ0v) is 8.40. The van der Waals surface area contributed by atoms with Gasteiger partial charge in [-0.15, -0.1) is 0 Å². The third-order valence-electron chi connectivity index (χ3n) is 1.90. The van der Waals surface area contributed by atoms with Crippen LogP contribution in [-0.2, 0) is 4.79 Å². The van der Waals surface area contributed by atoms with E-state index in [1.165, 1.54) is 0 Å². The van der Waals surface area contributed by atoms with Gasteiger partial charge < -0.3 is 10.6 Å². The summed E-state index contributed by atoms with van der Waals surface area (Å²) < 4.78 is 0. The van der Waals surface area contributed by atoms with Crippen LogP contribution in [0.4, 0.5) is 0 Å². The molecular formula is C11H14N2O2. The van der Waals surface area contributed by atoms with Crippen LogP contribution in [0.5, 0.6) is 0 Å². The number of amides is 2. The first-order chi connectivity index (χ1) is 7.34. The molecule has 4 nitrogen and oxygen atoms in total. The molecule has 1 aromatic rings. The van der Waals surface area contributed by atoms with Crippen LogP contribution in [-0.4, -0.2) is 25.4 Å². The van der Waals surface area contributed by atoms with Gasteiger partial charge in [0.1, 0.15) is 0 Å². The molecule has 4 heteroatoms. The highest BCUT2D eigenvalue weighted by molar-refractivity contribution is 5.94. The van der Waals surface area contributed by atoms with Gasteiger partial charge in [-0.2, -0.15) is 0 Å². The van der Waals surface area contributed by atoms with E-state index in [9.17, 15) is 9.59 Å². The lowest BCUT2D eigenvalue weighted by Gasteiger charge is -2.04. The molecule has 0 aromatic heterocycles. The summed E-state index contributed by atoms with van der Waals surface area (Å²) >= 11 is 0. The second-order valence-electron chi connectivity index (χ2n) is 3.05. The van der Waals surface area contributed by atoms with E-state index in [-0.39, 0.29) is 5.91 Å². The molecule has 0 saturated carbocycles. The Bertz CT molecular complexity index is 312. The Morgan fingerprint density at radius 2 is 1.93 bits per heavy atom. The van der Waals surface area contributed by atoms with Crippen LogP contribution < -0.4 is 10.6 Å². The number of carbonyl (C=O) groups excluding carboxylic acids is 2. The van der Waals surface area contributed by atoms with E-state index < -0.39 is 0 Å². The first-order valence-corrected chi connectivity index (χ1v) is 4.85. The number of rotatable bonds is 6. The number of benzene rings is 1. The van der Waals surface area contributed by atoms with Crippen molar-refractivity contribution in [2.75, 3.05) is 13.1 Å². The van der Waals surface area contributed by atoms with E-state index in [4.69, 9.17) is 0 Å². The summed E-state index contributed by atoms with van der Waals surface area (Å²) in [5, 5.41) is 5.29. The second kappa shape index (κ2) is 6.59. The van der Waals surface area contributed by atoms with Gasteiger partial charge in [0, 0.05) is 18.7 Å². The minimum Gasteiger partial charge on any atom is -0.359 e. The molecule has 0 atom stereocenters. The fourth-order valence-electron chi connectivity index (χ4n) is 1.14. The molecule has 0 unspecified atom stereocenters. The van der Waals surface area contributed by atoms with E-state index >= 15 is 0 Å². The van der Waals surface area contributed by atoms with Crippen LogP contribution >= 0.6 is 0 Å². The van der Waals surface area contributed by atoms with Crippen molar-refractivity contribution >= 4 is 12.3 Å². The molecule has 15 heavy (non-hydrogen) atoms. The van der Waals surface area contributed by atoms with E-state index in [0.717, 1.165) is 6.42 Å². The Balaban J connectivity index is 2.22. The van der Waals surface area contributed by atoms with Crippen molar-refractivity contribution in [3.63, 3.8) is 0 Å². The van der Waals surface area contributed by atoms with Crippen LogP contribution in [0.2, 0.25) is 0 Å². The maximum atomic E-state index is 11.5. The summed E-state index contributed by atoms with van der Waals surface area (Å²) in [5.74, 6) is -0.0818. The third kappa shape index (κ3) is 4.26. The fraction of sp³-hybridized carbons (Fsp3) is 0.273. The minimum absolute atomic E-state index is 0.0818. The van der Waals surface area contributed by atoms with Crippen molar-refractivity contribution in [1.29, 1.82) is 0 Å². The molecular weight excluding hydrogens is 192 g/mol. The number of carbonyl (C=O) groups is 2. The van der Waals surface area contributed by atoms with Crippen molar-refractivity contribution in [3.05, 3.63) is 35.9 Å². The lowest BCUT2D eigenvalue weighted by molar-refractivity contribution is -0.109. The molecule has 0 spiro atoms. The largest absolute Gasteiger partial charge is 0.359 e. The zero-order valence-electron chi connectivity index (χ0n) is 8.40. The van der Waals surface area contributed by atoms with Crippen LogP contribution in [0.1, 0.15) is 16.8 Å². The van der Waals surface area contributed by atoms with Gasteiger partial charge in [-0.25, -0.2) is 0 Å². The molecule has 0 saturated heterocycles. The Labute approximate surface area is 88.7 Å². The van der Waals surface area contributed by atoms with Gasteiger partial charge >= 0.3 is 0 Å². The van der Waals surface area contributed by atoms with Gasteiger partial charge in [-0.1, -0.05) is 18.2 Å². The minimum atomic E-state index is -0.0818. The normalized spacial score (nSPS) is 9.33. The van der Waals surface area contributed by atoms with Gasteiger partial charge in [-0.3, -0.25) is 9.59 Å². The van der Waals surface area contributed by atoms with E-state index in [0.29, 0.717) is 25.1 Å². The number of hydrogen-bond donors (Lipinski definition) is 2. The lowest BCUT2D eigenvalue weighted by Crippen LogP contribution is -2.26. The average molecular weight is 206 g/mol. The Morgan fingerprint density at radius 3 is 2.60 bits per heavy atom. The molecule has 2 amide bonds. The van der Waals surface area contributed by atoms with Crippen LogP contribution in [0, 0.1) is 0 Å². The summed E-state index contributed by atoms with van der Waals surface area (Å²) in [7, 11) is 0. The second-order valence-corrected chi connectivity index (χ2v) is 3.05. The van der Waals surface area contributed by atoms with Gasteiger partial charge in [0.2, 0.25) is 6.41 Å². The fourth-order valence-corrected chi connectivity index (χ4v) is 1.14. The lowest BCUT2D eigenvalue weighted by atomic mass is 10.2. The Kier molecular flexibility index (Phi) is 4.94. The summed E-state index contributed by atoms with van der Waals surface area (Å²) in [6.07, 6.45) is 1.39.